The molecule has 0 radical (unpaired) electrons. The minimum absolute atomic E-state index is 0.193. The fourth-order valence-corrected chi connectivity index (χ4v) is 2.93. The van der Waals surface area contributed by atoms with Crippen molar-refractivity contribution in [3.63, 3.8) is 0 Å². The van der Waals surface area contributed by atoms with Crippen molar-refractivity contribution in [1.29, 1.82) is 0 Å². The molecule has 5 nitrogen and oxygen atoms in total. The number of carbonyl (C=O) groups is 2. The summed E-state index contributed by atoms with van der Waals surface area (Å²) in [7, 11) is 0. The molecule has 0 N–H and O–H groups in total. The Kier molecular flexibility index (Phi) is 12.1. The smallest absolute Gasteiger partial charge is 0.311 e. The Morgan fingerprint density at radius 1 is 0.793 bits per heavy atom. The highest BCUT2D eigenvalue weighted by atomic mass is 16.6. The third-order valence-electron chi connectivity index (χ3n) is 4.51. The fraction of sp³-hybridized carbons (Fsp3) is 0.667. The molecule has 5 heteroatoms. The van der Waals surface area contributed by atoms with Crippen LogP contribution < -0.4 is 14.2 Å². The van der Waals surface area contributed by atoms with Gasteiger partial charge in [-0.25, -0.2) is 0 Å². The molecule has 0 saturated heterocycles. The maximum absolute atomic E-state index is 12.3. The second kappa shape index (κ2) is 14.0. The van der Waals surface area contributed by atoms with E-state index in [1.165, 1.54) is 0 Å². The average molecular weight is 407 g/mol. The Labute approximate surface area is 176 Å². The number of ether oxygens (including phenoxy) is 3. The molecule has 164 valence electrons. The summed E-state index contributed by atoms with van der Waals surface area (Å²) in [6.45, 7) is 10.9. The molecule has 0 aliphatic rings. The number of rotatable bonds is 14. The summed E-state index contributed by atoms with van der Waals surface area (Å²) in [6.07, 6.45) is 6.38. The molecule has 1 aromatic rings. The summed E-state index contributed by atoms with van der Waals surface area (Å²) >= 11 is 0. The number of hydrogen-bond acceptors (Lipinski definition) is 5. The second-order valence-electron chi connectivity index (χ2n) is 8.24. The third-order valence-corrected chi connectivity index (χ3v) is 4.51. The number of unbranched alkanes of at least 4 members (excludes halogenated alkanes) is 2. The van der Waals surface area contributed by atoms with Gasteiger partial charge in [-0.1, -0.05) is 59.4 Å². The quantitative estimate of drug-likeness (QED) is 0.205. The van der Waals surface area contributed by atoms with Crippen molar-refractivity contribution in [3.05, 3.63) is 18.2 Å². The van der Waals surface area contributed by atoms with Gasteiger partial charge in [0, 0.05) is 12.8 Å². The van der Waals surface area contributed by atoms with E-state index in [1.807, 2.05) is 6.92 Å². The molecule has 1 aromatic carbocycles. The minimum atomic E-state index is -0.338. The number of esters is 2. The molecule has 29 heavy (non-hydrogen) atoms. The fourth-order valence-electron chi connectivity index (χ4n) is 2.93. The van der Waals surface area contributed by atoms with E-state index in [1.54, 1.807) is 18.2 Å². The Morgan fingerprint density at radius 2 is 1.31 bits per heavy atom. The van der Waals surface area contributed by atoms with Crippen molar-refractivity contribution >= 4 is 11.9 Å². The van der Waals surface area contributed by atoms with Crippen LogP contribution in [0.15, 0.2) is 18.2 Å². The second-order valence-corrected chi connectivity index (χ2v) is 8.24. The van der Waals surface area contributed by atoms with Crippen LogP contribution >= 0.6 is 0 Å². The van der Waals surface area contributed by atoms with Crippen molar-refractivity contribution in [2.24, 2.45) is 11.8 Å². The number of carbonyl (C=O) groups excluding carboxylic acids is 2. The van der Waals surface area contributed by atoms with Gasteiger partial charge in [-0.3, -0.25) is 9.59 Å². The minimum Gasteiger partial charge on any atom is -0.490 e. The standard InChI is InChI=1S/C24H38O5/c1-6-27-20-14-11-15-21(28-22(25)16-9-7-12-18(2)3)24(20)29-23(26)17-10-8-13-19(4)5/h11,14-15,18-19H,6-10,12-13,16-17H2,1-5H3. The van der Waals surface area contributed by atoms with Crippen LogP contribution in [0.4, 0.5) is 0 Å². The average Bonchev–Trinajstić information content (AvgIpc) is 2.65. The van der Waals surface area contributed by atoms with Gasteiger partial charge in [-0.15, -0.1) is 0 Å². The van der Waals surface area contributed by atoms with Gasteiger partial charge in [0.15, 0.2) is 11.5 Å². The molecule has 1 rings (SSSR count). The summed E-state index contributed by atoms with van der Waals surface area (Å²) in [6, 6.07) is 5.08. The molecule has 0 heterocycles. The Bertz CT molecular complexity index is 622. The first kappa shape index (κ1) is 25.0. The lowest BCUT2D eigenvalue weighted by Gasteiger charge is -2.15. The van der Waals surface area contributed by atoms with E-state index >= 15 is 0 Å². The van der Waals surface area contributed by atoms with Gasteiger partial charge < -0.3 is 14.2 Å². The molecule has 0 bridgehead atoms. The van der Waals surface area contributed by atoms with Crippen LogP contribution in [0.25, 0.3) is 0 Å². The monoisotopic (exact) mass is 406 g/mol. The first-order chi connectivity index (χ1) is 13.8. The summed E-state index contributed by atoms with van der Waals surface area (Å²) in [4.78, 5) is 24.5. The molecule has 0 fully saturated rings. The summed E-state index contributed by atoms with van der Waals surface area (Å²) in [5, 5.41) is 0. The van der Waals surface area contributed by atoms with Crippen LogP contribution in [-0.2, 0) is 9.59 Å². The Morgan fingerprint density at radius 3 is 1.83 bits per heavy atom. The zero-order valence-corrected chi connectivity index (χ0v) is 18.8. The van der Waals surface area contributed by atoms with E-state index in [0.29, 0.717) is 37.0 Å². The lowest BCUT2D eigenvalue weighted by atomic mass is 10.1. The van der Waals surface area contributed by atoms with E-state index < -0.39 is 0 Å². The number of benzene rings is 1. The van der Waals surface area contributed by atoms with Crippen molar-refractivity contribution in [1.82, 2.24) is 0 Å². The van der Waals surface area contributed by atoms with Crippen molar-refractivity contribution in [2.45, 2.75) is 86.0 Å². The Hall–Kier alpha value is -2.04. The van der Waals surface area contributed by atoms with E-state index in [-0.39, 0.29) is 23.4 Å². The van der Waals surface area contributed by atoms with Crippen molar-refractivity contribution in [2.75, 3.05) is 6.61 Å². The van der Waals surface area contributed by atoms with Crippen LogP contribution in [0.1, 0.15) is 86.0 Å². The van der Waals surface area contributed by atoms with E-state index in [9.17, 15) is 9.59 Å². The van der Waals surface area contributed by atoms with Gasteiger partial charge >= 0.3 is 11.9 Å². The van der Waals surface area contributed by atoms with Gasteiger partial charge in [-0.2, -0.15) is 0 Å². The molecular formula is C24H38O5. The zero-order chi connectivity index (χ0) is 21.6. The van der Waals surface area contributed by atoms with E-state index in [0.717, 1.165) is 38.5 Å². The predicted octanol–water partition coefficient (Wildman–Crippen LogP) is 6.33. The van der Waals surface area contributed by atoms with Gasteiger partial charge in [0.05, 0.1) is 6.61 Å². The predicted molar refractivity (Wildman–Crippen MR) is 115 cm³/mol. The number of hydrogen-bond donors (Lipinski definition) is 0. The maximum Gasteiger partial charge on any atom is 0.311 e. The van der Waals surface area contributed by atoms with Gasteiger partial charge in [0.25, 0.3) is 0 Å². The SMILES string of the molecule is CCOc1cccc(OC(=O)CCCCC(C)C)c1OC(=O)CCCCC(C)C. The van der Waals surface area contributed by atoms with Crippen LogP contribution in [0.5, 0.6) is 17.2 Å². The first-order valence-electron chi connectivity index (χ1n) is 11.0. The van der Waals surface area contributed by atoms with Crippen LogP contribution in [0, 0.1) is 11.8 Å². The molecule has 0 atom stereocenters. The lowest BCUT2D eigenvalue weighted by Crippen LogP contribution is -2.13. The topological polar surface area (TPSA) is 61.8 Å². The highest BCUT2D eigenvalue weighted by Gasteiger charge is 2.19. The summed E-state index contributed by atoms with van der Waals surface area (Å²) in [5.74, 6) is 1.43. The molecule has 0 aromatic heterocycles. The van der Waals surface area contributed by atoms with E-state index in [4.69, 9.17) is 14.2 Å². The maximum atomic E-state index is 12.3. The molecular weight excluding hydrogens is 368 g/mol. The largest absolute Gasteiger partial charge is 0.490 e. The summed E-state index contributed by atoms with van der Waals surface area (Å²) in [5.41, 5.74) is 0. The molecule has 0 aliphatic carbocycles. The third kappa shape index (κ3) is 10.9. The van der Waals surface area contributed by atoms with Crippen LogP contribution in [0.2, 0.25) is 0 Å². The van der Waals surface area contributed by atoms with Crippen molar-refractivity contribution in [3.8, 4) is 17.2 Å². The van der Waals surface area contributed by atoms with Crippen LogP contribution in [-0.4, -0.2) is 18.5 Å². The lowest BCUT2D eigenvalue weighted by molar-refractivity contribution is -0.137. The highest BCUT2D eigenvalue weighted by molar-refractivity contribution is 5.77. The van der Waals surface area contributed by atoms with Gasteiger partial charge in [-0.05, 0) is 43.7 Å². The van der Waals surface area contributed by atoms with Crippen LogP contribution in [0.3, 0.4) is 0 Å². The molecule has 0 saturated carbocycles. The first-order valence-corrected chi connectivity index (χ1v) is 11.0. The molecule has 0 amide bonds. The van der Waals surface area contributed by atoms with E-state index in [2.05, 4.69) is 27.7 Å². The normalized spacial score (nSPS) is 11.0. The Balaban J connectivity index is 2.71. The molecule has 0 spiro atoms. The highest BCUT2D eigenvalue weighted by Crippen LogP contribution is 2.38. The summed E-state index contributed by atoms with van der Waals surface area (Å²) < 4.78 is 16.6. The zero-order valence-electron chi connectivity index (χ0n) is 18.8. The molecule has 0 unspecified atom stereocenters. The molecule has 0 aliphatic heterocycles. The van der Waals surface area contributed by atoms with Crippen molar-refractivity contribution < 1.29 is 23.8 Å². The van der Waals surface area contributed by atoms with Gasteiger partial charge in [0.2, 0.25) is 5.75 Å². The number of para-hydroxylation sites is 1. The van der Waals surface area contributed by atoms with Gasteiger partial charge in [0.1, 0.15) is 0 Å².